The Labute approximate surface area is 156 Å². The minimum atomic E-state index is -1.52. The van der Waals surface area contributed by atoms with Gasteiger partial charge in [-0.3, -0.25) is 9.59 Å². The molecule has 3 aliphatic rings. The van der Waals surface area contributed by atoms with Crippen LogP contribution in [0.3, 0.4) is 0 Å². The lowest BCUT2D eigenvalue weighted by atomic mass is 9.92. The number of carboxylic acids is 1. The van der Waals surface area contributed by atoms with E-state index in [2.05, 4.69) is 11.8 Å². The molecule has 1 atom stereocenters. The van der Waals surface area contributed by atoms with E-state index in [-0.39, 0.29) is 11.6 Å². The van der Waals surface area contributed by atoms with Crippen molar-refractivity contribution in [2.45, 2.75) is 31.8 Å². The molecular weight excluding hydrogens is 353 g/mol. The number of ketones is 2. The number of benzene rings is 1. The van der Waals surface area contributed by atoms with Crippen LogP contribution in [-0.2, 0) is 9.59 Å². The molecule has 1 aromatic rings. The van der Waals surface area contributed by atoms with Crippen molar-refractivity contribution in [1.82, 2.24) is 4.90 Å². The van der Waals surface area contributed by atoms with E-state index in [1.165, 1.54) is 4.90 Å². The van der Waals surface area contributed by atoms with Crippen LogP contribution in [0, 0.1) is 5.82 Å². The fourth-order valence-corrected chi connectivity index (χ4v) is 4.01. The number of hydrogen-bond donors (Lipinski definition) is 1. The van der Waals surface area contributed by atoms with Gasteiger partial charge in [-0.05, 0) is 31.5 Å². The fraction of sp³-hybridized carbons (Fsp3) is 0.526. The third kappa shape index (κ3) is 2.97. The van der Waals surface area contributed by atoms with Gasteiger partial charge >= 0.3 is 5.97 Å². The van der Waals surface area contributed by atoms with Gasteiger partial charge in [0.1, 0.15) is 5.82 Å². The quantitative estimate of drug-likeness (QED) is 0.625. The summed E-state index contributed by atoms with van der Waals surface area (Å²) in [5, 5.41) is 9.52. The van der Waals surface area contributed by atoms with E-state index in [1.54, 1.807) is 6.07 Å². The molecule has 0 spiro atoms. The summed E-state index contributed by atoms with van der Waals surface area (Å²) in [5.74, 6) is -3.81. The number of aliphatic carboxylic acids is 1. The Balaban J connectivity index is 1.76. The first-order valence-corrected chi connectivity index (χ1v) is 9.33. The molecule has 0 bridgehead atoms. The highest BCUT2D eigenvalue weighted by Crippen LogP contribution is 2.41. The number of nitrogens with zero attached hydrogens (tertiary/aromatic N) is 3. The second-order valence-corrected chi connectivity index (χ2v) is 7.31. The summed E-state index contributed by atoms with van der Waals surface area (Å²) in [7, 11) is 0. The molecule has 144 valence electrons. The molecular formula is C19H22FN3O4. The van der Waals surface area contributed by atoms with Gasteiger partial charge in [-0.2, -0.15) is 0 Å². The van der Waals surface area contributed by atoms with Crippen LogP contribution in [0.5, 0.6) is 0 Å². The zero-order valence-corrected chi connectivity index (χ0v) is 15.2. The van der Waals surface area contributed by atoms with Crippen molar-refractivity contribution in [3.8, 4) is 0 Å². The number of hydrogen-bond acceptors (Lipinski definition) is 6. The maximum Gasteiger partial charge on any atom is 0.334 e. The summed E-state index contributed by atoms with van der Waals surface area (Å²) in [4.78, 5) is 42.1. The standard InChI is InChI=1S/C19H22FN3O4/c1-2-21-5-7-22(8-6-21)15-10-14-12(9-13(15)20)17(24)18(25)16(19(26)27)23(14)11-3-4-11/h9-11,16H,2-8H2,1H3,(H,26,27). The van der Waals surface area contributed by atoms with Crippen molar-refractivity contribution in [1.29, 1.82) is 0 Å². The molecule has 1 saturated carbocycles. The number of halogens is 1. The maximum absolute atomic E-state index is 14.8. The van der Waals surface area contributed by atoms with Crippen LogP contribution in [0.2, 0.25) is 0 Å². The Morgan fingerprint density at radius 1 is 1.15 bits per heavy atom. The predicted octanol–water partition coefficient (Wildman–Crippen LogP) is 1.16. The third-order valence-electron chi connectivity index (χ3n) is 5.67. The average molecular weight is 375 g/mol. The van der Waals surface area contributed by atoms with Crippen molar-refractivity contribution in [2.24, 2.45) is 0 Å². The third-order valence-corrected chi connectivity index (χ3v) is 5.67. The number of Topliss-reactive ketones (excluding diaryl/α,β-unsaturated/α-hetero) is 2. The number of anilines is 2. The normalized spacial score (nSPS) is 23.6. The van der Waals surface area contributed by atoms with Gasteiger partial charge in [0.15, 0.2) is 6.04 Å². The zero-order valence-electron chi connectivity index (χ0n) is 15.2. The van der Waals surface area contributed by atoms with E-state index < -0.39 is 29.4 Å². The summed E-state index contributed by atoms with van der Waals surface area (Å²) in [5.41, 5.74) is 0.697. The lowest BCUT2D eigenvalue weighted by molar-refractivity contribution is -0.141. The Bertz CT molecular complexity index is 815. The minimum absolute atomic E-state index is 0.0298. The van der Waals surface area contributed by atoms with Crippen molar-refractivity contribution >= 4 is 28.9 Å². The van der Waals surface area contributed by atoms with E-state index in [9.17, 15) is 23.9 Å². The number of carboxylic acid groups (broad SMARTS) is 1. The fourth-order valence-electron chi connectivity index (χ4n) is 4.01. The monoisotopic (exact) mass is 375 g/mol. The number of carbonyl (C=O) groups excluding carboxylic acids is 2. The van der Waals surface area contributed by atoms with Crippen LogP contribution in [0.4, 0.5) is 15.8 Å². The van der Waals surface area contributed by atoms with Crippen LogP contribution in [0.1, 0.15) is 30.1 Å². The number of rotatable bonds is 4. The number of fused-ring (bicyclic) bond motifs is 1. The SMILES string of the molecule is CCN1CCN(c2cc3c(cc2F)C(=O)C(=O)C(C(=O)O)N3C2CC2)CC1. The van der Waals surface area contributed by atoms with Gasteiger partial charge < -0.3 is 19.8 Å². The number of likely N-dealkylation sites (N-methyl/N-ethyl adjacent to an activating group) is 1. The molecule has 2 heterocycles. The summed E-state index contributed by atoms with van der Waals surface area (Å²) in [6.45, 7) is 5.96. The van der Waals surface area contributed by atoms with E-state index >= 15 is 0 Å². The van der Waals surface area contributed by atoms with Crippen LogP contribution in [-0.4, -0.2) is 72.3 Å². The summed E-state index contributed by atoms with van der Waals surface area (Å²) >= 11 is 0. The van der Waals surface area contributed by atoms with E-state index in [1.807, 2.05) is 4.90 Å². The van der Waals surface area contributed by atoms with E-state index in [4.69, 9.17) is 0 Å². The number of carbonyl (C=O) groups is 3. The molecule has 27 heavy (non-hydrogen) atoms. The van der Waals surface area contributed by atoms with Crippen molar-refractivity contribution < 1.29 is 23.9 Å². The molecule has 2 aliphatic heterocycles. The van der Waals surface area contributed by atoms with Crippen LogP contribution in [0.25, 0.3) is 0 Å². The molecule has 1 aromatic carbocycles. The predicted molar refractivity (Wildman–Crippen MR) is 97.0 cm³/mol. The molecule has 1 saturated heterocycles. The molecule has 0 radical (unpaired) electrons. The largest absolute Gasteiger partial charge is 0.479 e. The lowest BCUT2D eigenvalue weighted by Crippen LogP contribution is -2.54. The topological polar surface area (TPSA) is 81.2 Å². The van der Waals surface area contributed by atoms with E-state index in [0.29, 0.717) is 24.5 Å². The van der Waals surface area contributed by atoms with Gasteiger partial charge in [0.05, 0.1) is 16.9 Å². The van der Waals surface area contributed by atoms with Gasteiger partial charge in [-0.15, -0.1) is 0 Å². The highest BCUT2D eigenvalue weighted by atomic mass is 19.1. The van der Waals surface area contributed by atoms with Gasteiger partial charge in [0.2, 0.25) is 11.6 Å². The number of piperazine rings is 1. The highest BCUT2D eigenvalue weighted by molar-refractivity contribution is 6.51. The molecule has 7 nitrogen and oxygen atoms in total. The Kier molecular flexibility index (Phi) is 4.38. The summed E-state index contributed by atoms with van der Waals surface area (Å²) < 4.78 is 14.8. The van der Waals surface area contributed by atoms with Gasteiger partial charge in [-0.25, -0.2) is 9.18 Å². The van der Waals surface area contributed by atoms with Gasteiger partial charge in [0.25, 0.3) is 0 Å². The molecule has 2 fully saturated rings. The molecule has 1 N–H and O–H groups in total. The second kappa shape index (κ2) is 6.60. The molecule has 0 amide bonds. The van der Waals surface area contributed by atoms with E-state index in [0.717, 1.165) is 38.5 Å². The van der Waals surface area contributed by atoms with Crippen LogP contribution >= 0.6 is 0 Å². The van der Waals surface area contributed by atoms with Crippen LogP contribution in [0.15, 0.2) is 12.1 Å². The highest BCUT2D eigenvalue weighted by Gasteiger charge is 2.49. The second-order valence-electron chi connectivity index (χ2n) is 7.31. The molecule has 1 unspecified atom stereocenters. The molecule has 4 rings (SSSR count). The van der Waals surface area contributed by atoms with Crippen molar-refractivity contribution in [2.75, 3.05) is 42.5 Å². The maximum atomic E-state index is 14.8. The lowest BCUT2D eigenvalue weighted by Gasteiger charge is -2.38. The Hall–Kier alpha value is -2.48. The first kappa shape index (κ1) is 17.9. The van der Waals surface area contributed by atoms with Crippen LogP contribution < -0.4 is 9.80 Å². The van der Waals surface area contributed by atoms with Crippen molar-refractivity contribution in [3.05, 3.63) is 23.5 Å². The minimum Gasteiger partial charge on any atom is -0.479 e. The smallest absolute Gasteiger partial charge is 0.334 e. The molecule has 0 aromatic heterocycles. The van der Waals surface area contributed by atoms with Gasteiger partial charge in [0, 0.05) is 32.2 Å². The molecule has 1 aliphatic carbocycles. The summed E-state index contributed by atoms with van der Waals surface area (Å²) in [6.07, 6.45) is 1.51. The first-order valence-electron chi connectivity index (χ1n) is 9.33. The summed E-state index contributed by atoms with van der Waals surface area (Å²) in [6, 6.07) is 1.04. The van der Waals surface area contributed by atoms with Gasteiger partial charge in [-0.1, -0.05) is 6.92 Å². The Morgan fingerprint density at radius 3 is 2.37 bits per heavy atom. The van der Waals surface area contributed by atoms with Crippen molar-refractivity contribution in [3.63, 3.8) is 0 Å². The Morgan fingerprint density at radius 2 is 1.81 bits per heavy atom. The zero-order chi connectivity index (χ0) is 19.3. The molecule has 8 heteroatoms. The average Bonchev–Trinajstić information content (AvgIpc) is 3.49. The first-order chi connectivity index (χ1) is 12.9.